The van der Waals surface area contributed by atoms with Crippen LogP contribution in [0.3, 0.4) is 0 Å². The second-order valence-corrected chi connectivity index (χ2v) is 14.2. The van der Waals surface area contributed by atoms with Crippen molar-refractivity contribution >= 4 is 29.9 Å². The Kier molecular flexibility index (Phi) is 33.7. The van der Waals surface area contributed by atoms with Crippen molar-refractivity contribution in [1.29, 1.82) is 0 Å². The second kappa shape index (κ2) is 34.4. The average Bonchev–Trinajstić information content (AvgIpc) is 3.04. The van der Waals surface area contributed by atoms with E-state index < -0.39 is 12.1 Å². The fraction of sp³-hybridized carbons (Fsp3) is 0.921. The molecule has 0 aliphatic rings. The number of nitrogens with zero attached hydrogens (tertiary/aromatic N) is 1. The number of aliphatic hydroxyl groups excluding tert-OH is 2. The summed E-state index contributed by atoms with van der Waals surface area (Å²) in [7, 11) is 0. The number of carbonyl (C=O) groups excluding carboxylic acids is 3. The minimum Gasteiger partial charge on any atom is -0.394 e. The first-order valence-corrected chi connectivity index (χ1v) is 20.3. The molecule has 45 heavy (non-hydrogen) atoms. The summed E-state index contributed by atoms with van der Waals surface area (Å²) in [4.78, 5) is 39.4. The highest BCUT2D eigenvalue weighted by atomic mass is 32.2. The van der Waals surface area contributed by atoms with E-state index in [4.69, 9.17) is 5.11 Å². The van der Waals surface area contributed by atoms with Crippen molar-refractivity contribution in [1.82, 2.24) is 4.90 Å². The van der Waals surface area contributed by atoms with E-state index in [1.807, 2.05) is 6.29 Å². The summed E-state index contributed by atoms with van der Waals surface area (Å²) in [5, 5.41) is 18.7. The molecule has 0 aromatic heterocycles. The SMILES string of the molecule is CCCCCCCCCCCCCCCC(=O)N(C(=O)CCCCCCCCCCCCCCC)[C@H]([C]=O)CSCC(O)CO. The zero-order valence-electron chi connectivity index (χ0n) is 29.5. The van der Waals surface area contributed by atoms with Gasteiger partial charge in [0.25, 0.3) is 0 Å². The predicted molar refractivity (Wildman–Crippen MR) is 192 cm³/mol. The van der Waals surface area contributed by atoms with E-state index in [2.05, 4.69) is 13.8 Å². The van der Waals surface area contributed by atoms with E-state index in [0.717, 1.165) is 43.4 Å². The Morgan fingerprint density at radius 1 is 0.556 bits per heavy atom. The van der Waals surface area contributed by atoms with Crippen molar-refractivity contribution in [2.24, 2.45) is 0 Å². The molecular formula is C38H72NO5S. The number of imide groups is 1. The molecular weight excluding hydrogens is 582 g/mol. The summed E-state index contributed by atoms with van der Waals surface area (Å²) in [5.74, 6) is -0.137. The molecule has 2 atom stereocenters. The topological polar surface area (TPSA) is 94.9 Å². The van der Waals surface area contributed by atoms with E-state index in [9.17, 15) is 19.5 Å². The molecule has 0 saturated heterocycles. The van der Waals surface area contributed by atoms with Crippen molar-refractivity contribution in [3.05, 3.63) is 0 Å². The number of carbonyl (C=O) groups is 2. The zero-order valence-corrected chi connectivity index (χ0v) is 30.4. The Hall–Kier alpha value is -0.920. The number of thioether (sulfide) groups is 1. The van der Waals surface area contributed by atoms with E-state index in [1.165, 1.54) is 140 Å². The summed E-state index contributed by atoms with van der Waals surface area (Å²) in [5.41, 5.74) is 0. The number of unbranched alkanes of at least 4 members (excludes halogenated alkanes) is 24. The molecule has 0 aliphatic heterocycles. The predicted octanol–water partition coefficient (Wildman–Crippen LogP) is 9.87. The lowest BCUT2D eigenvalue weighted by Crippen LogP contribution is -2.47. The smallest absolute Gasteiger partial charge is 0.229 e. The van der Waals surface area contributed by atoms with Gasteiger partial charge in [-0.2, -0.15) is 11.8 Å². The molecule has 0 aromatic carbocycles. The van der Waals surface area contributed by atoms with E-state index >= 15 is 0 Å². The molecule has 265 valence electrons. The lowest BCUT2D eigenvalue weighted by Gasteiger charge is -2.26. The van der Waals surface area contributed by atoms with Crippen molar-refractivity contribution in [2.75, 3.05) is 18.1 Å². The molecule has 1 radical (unpaired) electrons. The van der Waals surface area contributed by atoms with Gasteiger partial charge >= 0.3 is 0 Å². The third-order valence-corrected chi connectivity index (χ3v) is 9.94. The number of amides is 2. The van der Waals surface area contributed by atoms with Crippen LogP contribution < -0.4 is 0 Å². The van der Waals surface area contributed by atoms with Gasteiger partial charge in [0.05, 0.1) is 12.7 Å². The summed E-state index contributed by atoms with van der Waals surface area (Å²) in [6.45, 7) is 4.14. The summed E-state index contributed by atoms with van der Waals surface area (Å²) < 4.78 is 0. The Labute approximate surface area is 282 Å². The van der Waals surface area contributed by atoms with Gasteiger partial charge in [0.2, 0.25) is 18.1 Å². The van der Waals surface area contributed by atoms with Gasteiger partial charge in [0, 0.05) is 24.3 Å². The molecule has 0 rings (SSSR count). The van der Waals surface area contributed by atoms with Crippen LogP contribution in [0.2, 0.25) is 0 Å². The highest BCUT2D eigenvalue weighted by molar-refractivity contribution is 7.99. The Balaban J connectivity index is 4.39. The first-order chi connectivity index (χ1) is 22.0. The van der Waals surface area contributed by atoms with Crippen LogP contribution in [0.1, 0.15) is 194 Å². The van der Waals surface area contributed by atoms with E-state index in [0.29, 0.717) is 0 Å². The fourth-order valence-corrected chi connectivity index (χ4v) is 6.80. The standard InChI is InChI=1S/C38H72NO5S/c1-3-5-7-9-11-13-15-17-19-21-23-25-27-29-37(43)39(35(31-40)33-45-34-36(42)32-41)38(44)30-28-26-24-22-20-18-16-14-12-10-8-6-4-2/h35-36,41-42H,3-30,32-34H2,1-2H3/t35-,36?/m1/s1. The third kappa shape index (κ3) is 27.9. The van der Waals surface area contributed by atoms with Crippen LogP contribution in [0.25, 0.3) is 0 Å². The quantitative estimate of drug-likeness (QED) is 0.0661. The van der Waals surface area contributed by atoms with Gasteiger partial charge < -0.3 is 10.2 Å². The summed E-state index contributed by atoms with van der Waals surface area (Å²) >= 11 is 1.26. The molecule has 7 heteroatoms. The minimum absolute atomic E-state index is 0.190. The van der Waals surface area contributed by atoms with Crippen LogP contribution in [0.15, 0.2) is 0 Å². The largest absolute Gasteiger partial charge is 0.394 e. The van der Waals surface area contributed by atoms with Crippen LogP contribution in [-0.2, 0) is 14.4 Å². The molecule has 0 aromatic rings. The normalized spacial score (nSPS) is 12.7. The molecule has 0 fully saturated rings. The van der Waals surface area contributed by atoms with Gasteiger partial charge in [-0.3, -0.25) is 19.3 Å². The van der Waals surface area contributed by atoms with Gasteiger partial charge in [-0.15, -0.1) is 0 Å². The lowest BCUT2D eigenvalue weighted by atomic mass is 10.0. The first-order valence-electron chi connectivity index (χ1n) is 19.1. The van der Waals surface area contributed by atoms with Crippen LogP contribution in [0, 0.1) is 0 Å². The van der Waals surface area contributed by atoms with Crippen molar-refractivity contribution < 1.29 is 24.6 Å². The number of hydrogen-bond donors (Lipinski definition) is 2. The average molecular weight is 655 g/mol. The third-order valence-electron chi connectivity index (χ3n) is 8.77. The molecule has 6 nitrogen and oxygen atoms in total. The van der Waals surface area contributed by atoms with Crippen molar-refractivity contribution in [3.63, 3.8) is 0 Å². The van der Waals surface area contributed by atoms with Crippen LogP contribution in [0.4, 0.5) is 0 Å². The van der Waals surface area contributed by atoms with Crippen molar-refractivity contribution in [3.8, 4) is 0 Å². The molecule has 0 aliphatic carbocycles. The lowest BCUT2D eigenvalue weighted by molar-refractivity contribution is -0.146. The summed E-state index contributed by atoms with van der Waals surface area (Å²) in [6.07, 6.45) is 33.3. The number of hydrogen-bond acceptors (Lipinski definition) is 6. The number of rotatable bonds is 35. The van der Waals surface area contributed by atoms with Crippen LogP contribution >= 0.6 is 11.8 Å². The Bertz CT molecular complexity index is 635. The van der Waals surface area contributed by atoms with Crippen molar-refractivity contribution in [2.45, 2.75) is 206 Å². The van der Waals surface area contributed by atoms with E-state index in [1.54, 1.807) is 0 Å². The molecule has 0 heterocycles. The fourth-order valence-electron chi connectivity index (χ4n) is 5.85. The number of aliphatic hydroxyl groups is 2. The molecule has 2 amide bonds. The maximum absolute atomic E-state index is 13.2. The molecule has 2 N–H and O–H groups in total. The molecule has 0 spiro atoms. The van der Waals surface area contributed by atoms with Crippen LogP contribution in [-0.4, -0.2) is 63.5 Å². The Morgan fingerprint density at radius 2 is 0.867 bits per heavy atom. The minimum atomic E-state index is -0.954. The van der Waals surface area contributed by atoms with Gasteiger partial charge in [-0.1, -0.05) is 168 Å². The van der Waals surface area contributed by atoms with E-state index in [-0.39, 0.29) is 42.8 Å². The van der Waals surface area contributed by atoms with Gasteiger partial charge in [-0.25, -0.2) is 0 Å². The van der Waals surface area contributed by atoms with Gasteiger partial charge in [0.1, 0.15) is 6.04 Å². The summed E-state index contributed by atoms with van der Waals surface area (Å²) in [6, 6.07) is -0.954. The zero-order chi connectivity index (χ0) is 33.2. The van der Waals surface area contributed by atoms with Gasteiger partial charge in [-0.05, 0) is 12.8 Å². The van der Waals surface area contributed by atoms with Crippen LogP contribution in [0.5, 0.6) is 0 Å². The van der Waals surface area contributed by atoms with Gasteiger partial charge in [0.15, 0.2) is 0 Å². The monoisotopic (exact) mass is 655 g/mol. The Morgan fingerprint density at radius 3 is 1.16 bits per heavy atom. The molecule has 1 unspecified atom stereocenters. The second-order valence-electron chi connectivity index (χ2n) is 13.2. The maximum Gasteiger partial charge on any atom is 0.229 e. The molecule has 0 bridgehead atoms. The molecule has 0 saturated carbocycles. The highest BCUT2D eigenvalue weighted by Crippen LogP contribution is 2.18. The highest BCUT2D eigenvalue weighted by Gasteiger charge is 2.29. The first kappa shape index (κ1) is 44.1. The maximum atomic E-state index is 13.2.